The van der Waals surface area contributed by atoms with Gasteiger partial charge in [0.25, 0.3) is 0 Å². The van der Waals surface area contributed by atoms with Gasteiger partial charge in [0.1, 0.15) is 0 Å². The summed E-state index contributed by atoms with van der Waals surface area (Å²) in [6.45, 7) is 17.5. The molecule has 0 saturated carbocycles. The molecule has 0 aromatic heterocycles. The van der Waals surface area contributed by atoms with Gasteiger partial charge >= 0.3 is 0 Å². The maximum atomic E-state index is 3.57. The zero-order valence-electron chi connectivity index (χ0n) is 13.2. The highest BCUT2D eigenvalue weighted by molar-refractivity contribution is 8.00. The van der Waals surface area contributed by atoms with Gasteiger partial charge in [-0.25, -0.2) is 0 Å². The summed E-state index contributed by atoms with van der Waals surface area (Å²) in [7, 11) is 0. The van der Waals surface area contributed by atoms with Crippen LogP contribution in [0.4, 0.5) is 0 Å². The molecular weight excluding hydrogens is 240 g/mol. The molecule has 0 bridgehead atoms. The van der Waals surface area contributed by atoms with E-state index in [0.29, 0.717) is 4.75 Å². The van der Waals surface area contributed by atoms with Crippen LogP contribution in [0.25, 0.3) is 0 Å². The molecule has 1 unspecified atom stereocenters. The molecule has 0 radical (unpaired) electrons. The second-order valence-corrected chi connectivity index (χ2v) is 9.05. The molecule has 0 aliphatic carbocycles. The minimum atomic E-state index is 0.257. The Balaban J connectivity index is 2.22. The van der Waals surface area contributed by atoms with Crippen LogP contribution < -0.4 is 5.32 Å². The highest BCUT2D eigenvalue weighted by atomic mass is 32.2. The average molecular weight is 273 g/mol. The minimum absolute atomic E-state index is 0.257. The SMILES string of the molecule is CC(CCCNC(C)(C)C)N1CCSC(C)(C)C1. The fraction of sp³-hybridized carbons (Fsp3) is 1.00. The van der Waals surface area contributed by atoms with Crippen molar-refractivity contribution in [1.29, 1.82) is 0 Å². The Morgan fingerprint density at radius 2 is 2.00 bits per heavy atom. The molecule has 108 valence electrons. The maximum Gasteiger partial charge on any atom is 0.0231 e. The lowest BCUT2D eigenvalue weighted by atomic mass is 10.1. The molecule has 3 heteroatoms. The number of rotatable bonds is 5. The summed E-state index contributed by atoms with van der Waals surface area (Å²) < 4.78 is 0.441. The van der Waals surface area contributed by atoms with Gasteiger partial charge < -0.3 is 5.32 Å². The third-order valence-corrected chi connectivity index (χ3v) is 4.83. The fourth-order valence-corrected chi connectivity index (χ4v) is 3.61. The van der Waals surface area contributed by atoms with Gasteiger partial charge in [0, 0.05) is 35.2 Å². The standard InChI is InChI=1S/C15H32N2S/c1-13(8-7-9-16-14(2,3)4)17-10-11-18-15(5,6)12-17/h13,16H,7-12H2,1-6H3. The number of thioether (sulfide) groups is 1. The number of nitrogens with one attached hydrogen (secondary N) is 1. The van der Waals surface area contributed by atoms with E-state index >= 15 is 0 Å². The average Bonchev–Trinajstić information content (AvgIpc) is 2.21. The van der Waals surface area contributed by atoms with Crippen molar-refractivity contribution in [3.63, 3.8) is 0 Å². The molecule has 1 aliphatic heterocycles. The van der Waals surface area contributed by atoms with E-state index in [1.807, 2.05) is 0 Å². The number of nitrogens with zero attached hydrogens (tertiary/aromatic N) is 1. The zero-order chi connectivity index (χ0) is 13.8. The number of hydrogen-bond acceptors (Lipinski definition) is 3. The summed E-state index contributed by atoms with van der Waals surface area (Å²) in [5, 5.41) is 3.57. The van der Waals surface area contributed by atoms with Crippen molar-refractivity contribution < 1.29 is 0 Å². The Morgan fingerprint density at radius 3 is 2.56 bits per heavy atom. The van der Waals surface area contributed by atoms with Crippen molar-refractivity contribution in [1.82, 2.24) is 10.2 Å². The van der Waals surface area contributed by atoms with Crippen molar-refractivity contribution in [2.24, 2.45) is 0 Å². The minimum Gasteiger partial charge on any atom is -0.312 e. The van der Waals surface area contributed by atoms with Crippen LogP contribution in [-0.2, 0) is 0 Å². The molecule has 1 heterocycles. The van der Waals surface area contributed by atoms with E-state index < -0.39 is 0 Å². The van der Waals surface area contributed by atoms with Crippen molar-refractivity contribution >= 4 is 11.8 Å². The van der Waals surface area contributed by atoms with Gasteiger partial charge in [-0.05, 0) is 60.9 Å². The lowest BCUT2D eigenvalue weighted by Crippen LogP contribution is -2.47. The highest BCUT2D eigenvalue weighted by Crippen LogP contribution is 2.30. The molecule has 0 aromatic rings. The molecule has 0 spiro atoms. The molecule has 18 heavy (non-hydrogen) atoms. The van der Waals surface area contributed by atoms with E-state index in [4.69, 9.17) is 0 Å². The predicted octanol–water partition coefficient (Wildman–Crippen LogP) is 3.37. The first-order valence-corrected chi connectivity index (χ1v) is 8.31. The molecule has 1 rings (SSSR count). The van der Waals surface area contributed by atoms with E-state index in [1.54, 1.807) is 0 Å². The summed E-state index contributed by atoms with van der Waals surface area (Å²) in [5.74, 6) is 1.29. The monoisotopic (exact) mass is 272 g/mol. The Morgan fingerprint density at radius 1 is 1.33 bits per heavy atom. The molecular formula is C15H32N2S. The molecule has 1 fully saturated rings. The van der Waals surface area contributed by atoms with Crippen molar-refractivity contribution in [2.45, 2.75) is 70.7 Å². The second kappa shape index (κ2) is 6.62. The van der Waals surface area contributed by atoms with Gasteiger partial charge in [-0.3, -0.25) is 4.90 Å². The Kier molecular flexibility index (Phi) is 6.01. The smallest absolute Gasteiger partial charge is 0.0231 e. The van der Waals surface area contributed by atoms with Crippen LogP contribution in [-0.4, -0.2) is 46.6 Å². The highest BCUT2D eigenvalue weighted by Gasteiger charge is 2.29. The lowest BCUT2D eigenvalue weighted by molar-refractivity contribution is 0.187. The van der Waals surface area contributed by atoms with Gasteiger partial charge in [0.15, 0.2) is 0 Å². The molecule has 1 atom stereocenters. The van der Waals surface area contributed by atoms with Crippen LogP contribution in [0.3, 0.4) is 0 Å². The van der Waals surface area contributed by atoms with E-state index in [0.717, 1.165) is 12.6 Å². The van der Waals surface area contributed by atoms with E-state index in [1.165, 1.54) is 31.7 Å². The summed E-state index contributed by atoms with van der Waals surface area (Å²) in [4.78, 5) is 2.67. The maximum absolute atomic E-state index is 3.57. The quantitative estimate of drug-likeness (QED) is 0.773. The summed E-state index contributed by atoms with van der Waals surface area (Å²) in [5.41, 5.74) is 0.257. The van der Waals surface area contributed by atoms with Crippen molar-refractivity contribution in [3.8, 4) is 0 Å². The van der Waals surface area contributed by atoms with Gasteiger partial charge in [-0.2, -0.15) is 11.8 Å². The van der Waals surface area contributed by atoms with Crippen LogP contribution in [0.1, 0.15) is 54.4 Å². The third kappa shape index (κ3) is 6.44. The topological polar surface area (TPSA) is 15.3 Å². The number of hydrogen-bond donors (Lipinski definition) is 1. The van der Waals surface area contributed by atoms with Crippen LogP contribution in [0.2, 0.25) is 0 Å². The van der Waals surface area contributed by atoms with E-state index in [9.17, 15) is 0 Å². The van der Waals surface area contributed by atoms with Crippen LogP contribution >= 0.6 is 11.8 Å². The summed E-state index contributed by atoms with van der Waals surface area (Å²) in [6, 6.07) is 0.729. The predicted molar refractivity (Wildman–Crippen MR) is 84.6 cm³/mol. The van der Waals surface area contributed by atoms with E-state index in [2.05, 4.69) is 63.5 Å². The molecule has 2 nitrogen and oxygen atoms in total. The molecule has 1 saturated heterocycles. The van der Waals surface area contributed by atoms with Crippen molar-refractivity contribution in [2.75, 3.05) is 25.4 Å². The fourth-order valence-electron chi connectivity index (χ4n) is 2.47. The summed E-state index contributed by atoms with van der Waals surface area (Å²) in [6.07, 6.45) is 2.59. The van der Waals surface area contributed by atoms with E-state index in [-0.39, 0.29) is 5.54 Å². The van der Waals surface area contributed by atoms with Gasteiger partial charge in [-0.15, -0.1) is 0 Å². The van der Waals surface area contributed by atoms with Gasteiger partial charge in [0.05, 0.1) is 0 Å². The van der Waals surface area contributed by atoms with Crippen LogP contribution in [0.15, 0.2) is 0 Å². The largest absolute Gasteiger partial charge is 0.312 e. The second-order valence-electron chi connectivity index (χ2n) is 7.25. The van der Waals surface area contributed by atoms with Crippen molar-refractivity contribution in [3.05, 3.63) is 0 Å². The zero-order valence-corrected chi connectivity index (χ0v) is 14.0. The summed E-state index contributed by atoms with van der Waals surface area (Å²) >= 11 is 2.12. The normalized spacial score (nSPS) is 23.0. The molecule has 1 aliphatic rings. The van der Waals surface area contributed by atoms with Gasteiger partial charge in [0.2, 0.25) is 0 Å². The van der Waals surface area contributed by atoms with Crippen LogP contribution in [0.5, 0.6) is 0 Å². The first-order chi connectivity index (χ1) is 8.20. The van der Waals surface area contributed by atoms with Gasteiger partial charge in [-0.1, -0.05) is 0 Å². The lowest BCUT2D eigenvalue weighted by Gasteiger charge is -2.41. The third-order valence-electron chi connectivity index (χ3n) is 3.53. The molecule has 1 N–H and O–H groups in total. The Hall–Kier alpha value is 0.270. The molecule has 0 aromatic carbocycles. The van der Waals surface area contributed by atoms with Crippen LogP contribution in [0, 0.1) is 0 Å². The first-order valence-electron chi connectivity index (χ1n) is 7.33. The Labute approximate surface area is 118 Å². The first kappa shape index (κ1) is 16.3. The Bertz CT molecular complexity index is 245. The molecule has 0 amide bonds.